The largest absolute Gasteiger partial charge is 0.330 e. The third-order valence-electron chi connectivity index (χ3n) is 2.40. The quantitative estimate of drug-likeness (QED) is 0.752. The van der Waals surface area contributed by atoms with Crippen LogP contribution in [0.25, 0.3) is 0 Å². The SMILES string of the molecule is CN(CCCN)c1nc(C2CC2)no1. The molecule has 0 atom stereocenters. The molecule has 0 aliphatic heterocycles. The van der Waals surface area contributed by atoms with Crippen LogP contribution in [0, 0.1) is 0 Å². The third-order valence-corrected chi connectivity index (χ3v) is 2.40. The second-order valence-corrected chi connectivity index (χ2v) is 3.77. The number of nitrogens with zero attached hydrogens (tertiary/aromatic N) is 3. The zero-order valence-electron chi connectivity index (χ0n) is 8.44. The zero-order chi connectivity index (χ0) is 9.97. The first-order valence-corrected chi connectivity index (χ1v) is 5.06. The maximum absolute atomic E-state index is 5.43. The molecule has 0 saturated heterocycles. The van der Waals surface area contributed by atoms with Crippen LogP contribution in [0.2, 0.25) is 0 Å². The van der Waals surface area contributed by atoms with E-state index in [1.165, 1.54) is 12.8 Å². The fraction of sp³-hybridized carbons (Fsp3) is 0.778. The molecule has 78 valence electrons. The normalized spacial score (nSPS) is 15.9. The van der Waals surface area contributed by atoms with Crippen molar-refractivity contribution in [2.75, 3.05) is 25.0 Å². The van der Waals surface area contributed by atoms with Crippen LogP contribution in [0.4, 0.5) is 6.01 Å². The minimum Gasteiger partial charge on any atom is -0.330 e. The minimum absolute atomic E-state index is 0.551. The second-order valence-electron chi connectivity index (χ2n) is 3.77. The first-order valence-electron chi connectivity index (χ1n) is 5.06. The van der Waals surface area contributed by atoms with Gasteiger partial charge in [-0.3, -0.25) is 0 Å². The van der Waals surface area contributed by atoms with Gasteiger partial charge < -0.3 is 15.2 Å². The summed E-state index contributed by atoms with van der Waals surface area (Å²) in [5, 5.41) is 3.95. The molecule has 5 heteroatoms. The molecule has 1 aromatic rings. The number of hydrogen-bond acceptors (Lipinski definition) is 5. The fourth-order valence-electron chi connectivity index (χ4n) is 1.31. The molecule has 5 nitrogen and oxygen atoms in total. The van der Waals surface area contributed by atoms with Crippen LogP contribution < -0.4 is 10.6 Å². The highest BCUT2D eigenvalue weighted by Crippen LogP contribution is 2.38. The van der Waals surface area contributed by atoms with Gasteiger partial charge in [0.25, 0.3) is 0 Å². The van der Waals surface area contributed by atoms with Crippen molar-refractivity contribution < 1.29 is 4.52 Å². The van der Waals surface area contributed by atoms with E-state index in [1.807, 2.05) is 11.9 Å². The molecule has 0 radical (unpaired) electrons. The Hall–Kier alpha value is -1.10. The fourth-order valence-corrected chi connectivity index (χ4v) is 1.31. The van der Waals surface area contributed by atoms with Gasteiger partial charge in [-0.2, -0.15) is 4.98 Å². The minimum atomic E-state index is 0.551. The van der Waals surface area contributed by atoms with E-state index in [9.17, 15) is 0 Å². The van der Waals surface area contributed by atoms with E-state index in [4.69, 9.17) is 10.3 Å². The van der Waals surface area contributed by atoms with Crippen LogP contribution >= 0.6 is 0 Å². The molecule has 1 heterocycles. The second kappa shape index (κ2) is 3.96. The lowest BCUT2D eigenvalue weighted by Crippen LogP contribution is -2.21. The van der Waals surface area contributed by atoms with Crippen LogP contribution in [-0.2, 0) is 0 Å². The van der Waals surface area contributed by atoms with Crippen molar-refractivity contribution in [1.29, 1.82) is 0 Å². The molecule has 2 N–H and O–H groups in total. The topological polar surface area (TPSA) is 68.2 Å². The van der Waals surface area contributed by atoms with Crippen molar-refractivity contribution in [3.8, 4) is 0 Å². The summed E-state index contributed by atoms with van der Waals surface area (Å²) in [4.78, 5) is 6.28. The average molecular weight is 196 g/mol. The Bertz CT molecular complexity index is 295. The number of hydrogen-bond donors (Lipinski definition) is 1. The Kier molecular flexibility index (Phi) is 2.67. The molecule has 1 saturated carbocycles. The highest BCUT2D eigenvalue weighted by molar-refractivity contribution is 5.24. The molecular formula is C9H16N4O. The van der Waals surface area contributed by atoms with Crippen molar-refractivity contribution in [2.24, 2.45) is 5.73 Å². The lowest BCUT2D eigenvalue weighted by atomic mass is 10.4. The lowest BCUT2D eigenvalue weighted by Gasteiger charge is -2.11. The summed E-state index contributed by atoms with van der Waals surface area (Å²) < 4.78 is 5.15. The van der Waals surface area contributed by atoms with E-state index in [-0.39, 0.29) is 0 Å². The Labute approximate surface area is 83.3 Å². The van der Waals surface area contributed by atoms with Gasteiger partial charge >= 0.3 is 6.01 Å². The van der Waals surface area contributed by atoms with Gasteiger partial charge in [0.1, 0.15) is 0 Å². The van der Waals surface area contributed by atoms with Crippen molar-refractivity contribution in [3.05, 3.63) is 5.82 Å². The zero-order valence-corrected chi connectivity index (χ0v) is 8.44. The van der Waals surface area contributed by atoms with Gasteiger partial charge in [0.15, 0.2) is 5.82 Å². The number of aromatic nitrogens is 2. The van der Waals surface area contributed by atoms with E-state index in [0.29, 0.717) is 18.5 Å². The summed E-state index contributed by atoms with van der Waals surface area (Å²) in [6.45, 7) is 1.55. The van der Waals surface area contributed by atoms with Gasteiger partial charge in [-0.1, -0.05) is 5.16 Å². The van der Waals surface area contributed by atoms with Crippen LogP contribution in [-0.4, -0.2) is 30.3 Å². The molecule has 0 unspecified atom stereocenters. The summed E-state index contributed by atoms with van der Waals surface area (Å²) in [5.41, 5.74) is 5.43. The molecule has 1 aliphatic rings. The molecule has 14 heavy (non-hydrogen) atoms. The maximum Gasteiger partial charge on any atom is 0.323 e. The van der Waals surface area contributed by atoms with Gasteiger partial charge in [-0.05, 0) is 25.8 Å². The predicted molar refractivity (Wildman–Crippen MR) is 53.2 cm³/mol. The van der Waals surface area contributed by atoms with E-state index in [2.05, 4.69) is 10.1 Å². The van der Waals surface area contributed by atoms with Crippen LogP contribution in [0.1, 0.15) is 31.0 Å². The number of rotatable bonds is 5. The van der Waals surface area contributed by atoms with E-state index in [1.54, 1.807) is 0 Å². The van der Waals surface area contributed by atoms with Crippen LogP contribution in [0.3, 0.4) is 0 Å². The lowest BCUT2D eigenvalue weighted by molar-refractivity contribution is 0.410. The van der Waals surface area contributed by atoms with Gasteiger partial charge in [0, 0.05) is 19.5 Å². The smallest absolute Gasteiger partial charge is 0.323 e. The van der Waals surface area contributed by atoms with E-state index in [0.717, 1.165) is 18.8 Å². The summed E-state index contributed by atoms with van der Waals surface area (Å²) in [5.74, 6) is 1.41. The van der Waals surface area contributed by atoms with Crippen LogP contribution in [0.15, 0.2) is 4.52 Å². The van der Waals surface area contributed by atoms with Gasteiger partial charge in [0.05, 0.1) is 0 Å². The molecule has 0 aromatic carbocycles. The third kappa shape index (κ3) is 2.04. The summed E-state index contributed by atoms with van der Waals surface area (Å²) >= 11 is 0. The van der Waals surface area contributed by atoms with E-state index >= 15 is 0 Å². The monoisotopic (exact) mass is 196 g/mol. The Balaban J connectivity index is 1.93. The Morgan fingerprint density at radius 1 is 1.57 bits per heavy atom. The molecule has 0 spiro atoms. The molecule has 1 aromatic heterocycles. The van der Waals surface area contributed by atoms with Crippen molar-refractivity contribution in [2.45, 2.75) is 25.2 Å². The first-order chi connectivity index (χ1) is 6.81. The Morgan fingerprint density at radius 3 is 3.00 bits per heavy atom. The highest BCUT2D eigenvalue weighted by Gasteiger charge is 2.29. The molecule has 0 bridgehead atoms. The Morgan fingerprint density at radius 2 is 2.36 bits per heavy atom. The maximum atomic E-state index is 5.43. The van der Waals surface area contributed by atoms with Gasteiger partial charge in [-0.25, -0.2) is 0 Å². The molecular weight excluding hydrogens is 180 g/mol. The molecule has 0 amide bonds. The number of anilines is 1. The van der Waals surface area contributed by atoms with Gasteiger partial charge in [-0.15, -0.1) is 0 Å². The van der Waals surface area contributed by atoms with Crippen molar-refractivity contribution >= 4 is 6.01 Å². The summed E-state index contributed by atoms with van der Waals surface area (Å²) in [6.07, 6.45) is 3.34. The molecule has 2 rings (SSSR count). The van der Waals surface area contributed by atoms with Crippen molar-refractivity contribution in [1.82, 2.24) is 10.1 Å². The van der Waals surface area contributed by atoms with Crippen LogP contribution in [0.5, 0.6) is 0 Å². The predicted octanol–water partition coefficient (Wildman–Crippen LogP) is 0.732. The summed E-state index contributed by atoms with van der Waals surface area (Å²) in [7, 11) is 1.94. The highest BCUT2D eigenvalue weighted by atomic mass is 16.5. The number of nitrogens with two attached hydrogens (primary N) is 1. The first kappa shape index (κ1) is 9.45. The molecule has 1 fully saturated rings. The molecule has 1 aliphatic carbocycles. The average Bonchev–Trinajstić information content (AvgIpc) is 2.93. The standard InChI is InChI=1S/C9H16N4O/c1-13(6-2-5-10)9-11-8(12-14-9)7-3-4-7/h7H,2-6,10H2,1H3. The van der Waals surface area contributed by atoms with E-state index < -0.39 is 0 Å². The summed E-state index contributed by atoms with van der Waals surface area (Å²) in [6, 6.07) is 0.611. The van der Waals surface area contributed by atoms with Gasteiger partial charge in [0.2, 0.25) is 0 Å². The van der Waals surface area contributed by atoms with Crippen molar-refractivity contribution in [3.63, 3.8) is 0 Å².